The molecule has 1 N–H and O–H groups in total. The molecule has 25 heavy (non-hydrogen) atoms. The molecule has 0 saturated carbocycles. The van der Waals surface area contributed by atoms with E-state index in [1.165, 1.54) is 4.68 Å². The van der Waals surface area contributed by atoms with Crippen molar-refractivity contribution in [3.05, 3.63) is 96.9 Å². The lowest BCUT2D eigenvalue weighted by molar-refractivity contribution is -0.481. The summed E-state index contributed by atoms with van der Waals surface area (Å²) < 4.78 is 1.41. The van der Waals surface area contributed by atoms with Gasteiger partial charge in [0.1, 0.15) is 0 Å². The average molecular weight is 358 g/mol. The quantitative estimate of drug-likeness (QED) is 0.560. The van der Waals surface area contributed by atoms with Crippen LogP contribution in [0.25, 0.3) is 5.69 Å². The number of halogens is 1. The van der Waals surface area contributed by atoms with Gasteiger partial charge in [-0.3, -0.25) is 20.0 Å². The van der Waals surface area contributed by atoms with Gasteiger partial charge in [0, 0.05) is 15.6 Å². The van der Waals surface area contributed by atoms with Gasteiger partial charge in [-0.15, -0.1) is 0 Å². The highest BCUT2D eigenvalue weighted by atomic mass is 35.5. The Kier molecular flexibility index (Phi) is 4.72. The lowest BCUT2D eigenvalue weighted by Crippen LogP contribution is -2.23. The maximum absolute atomic E-state index is 12.9. The second kappa shape index (κ2) is 6.94. The lowest BCUT2D eigenvalue weighted by atomic mass is 9.91. The molecule has 1 aromatic heterocycles. The van der Waals surface area contributed by atoms with Gasteiger partial charge in [-0.05, 0) is 36.8 Å². The molecule has 1 heterocycles. The number of nitro groups is 1. The highest BCUT2D eigenvalue weighted by Gasteiger charge is 2.27. The number of aryl methyl sites for hydroxylation is 1. The van der Waals surface area contributed by atoms with Gasteiger partial charge in [0.25, 0.3) is 5.56 Å². The van der Waals surface area contributed by atoms with E-state index in [1.54, 1.807) is 43.3 Å². The Bertz CT molecular complexity index is 946. The first-order valence-electron chi connectivity index (χ1n) is 7.71. The minimum Gasteiger partial charge on any atom is -0.295 e. The van der Waals surface area contributed by atoms with Crippen molar-refractivity contribution in [3.8, 4) is 5.69 Å². The fourth-order valence-corrected chi connectivity index (χ4v) is 3.06. The summed E-state index contributed by atoms with van der Waals surface area (Å²) >= 11 is 5.91. The number of nitrogens with zero attached hydrogens (tertiary/aromatic N) is 2. The molecule has 128 valence electrons. The molecule has 0 aliphatic carbocycles. The Balaban J connectivity index is 2.13. The summed E-state index contributed by atoms with van der Waals surface area (Å²) in [5, 5.41) is 14.7. The molecule has 3 aromatic rings. The van der Waals surface area contributed by atoms with E-state index in [2.05, 4.69) is 5.10 Å². The molecule has 6 nitrogen and oxygen atoms in total. The zero-order valence-corrected chi connectivity index (χ0v) is 14.2. The first-order chi connectivity index (χ1) is 12.0. The largest absolute Gasteiger partial charge is 0.295 e. The third-order valence-corrected chi connectivity index (χ3v) is 4.34. The van der Waals surface area contributed by atoms with Crippen molar-refractivity contribution in [2.75, 3.05) is 6.54 Å². The van der Waals surface area contributed by atoms with Gasteiger partial charge in [-0.2, -0.15) is 0 Å². The maximum Gasteiger partial charge on any atom is 0.275 e. The number of nitrogens with one attached hydrogen (secondary N) is 1. The van der Waals surface area contributed by atoms with E-state index in [0.29, 0.717) is 27.5 Å². The van der Waals surface area contributed by atoms with Gasteiger partial charge < -0.3 is 0 Å². The van der Waals surface area contributed by atoms with E-state index >= 15 is 0 Å². The molecule has 0 fully saturated rings. The smallest absolute Gasteiger partial charge is 0.275 e. The van der Waals surface area contributed by atoms with Crippen molar-refractivity contribution in [2.45, 2.75) is 12.8 Å². The molecular formula is C18H16ClN3O3. The van der Waals surface area contributed by atoms with Crippen LogP contribution in [0, 0.1) is 17.0 Å². The zero-order chi connectivity index (χ0) is 18.0. The van der Waals surface area contributed by atoms with Crippen LogP contribution in [-0.4, -0.2) is 21.2 Å². The number of aromatic amines is 1. The van der Waals surface area contributed by atoms with E-state index in [9.17, 15) is 14.9 Å². The molecule has 0 aliphatic rings. The molecule has 0 bridgehead atoms. The van der Waals surface area contributed by atoms with Crippen molar-refractivity contribution < 1.29 is 4.92 Å². The van der Waals surface area contributed by atoms with Crippen LogP contribution in [0.3, 0.4) is 0 Å². The van der Waals surface area contributed by atoms with Crippen LogP contribution in [0.1, 0.15) is 22.7 Å². The van der Waals surface area contributed by atoms with Crippen LogP contribution in [0.5, 0.6) is 0 Å². The lowest BCUT2D eigenvalue weighted by Gasteiger charge is -2.12. The topological polar surface area (TPSA) is 80.9 Å². The summed E-state index contributed by atoms with van der Waals surface area (Å²) in [5.74, 6) is -0.652. The van der Waals surface area contributed by atoms with Gasteiger partial charge >= 0.3 is 0 Å². The van der Waals surface area contributed by atoms with Crippen LogP contribution in [0.4, 0.5) is 0 Å². The number of hydrogen-bond donors (Lipinski definition) is 1. The summed E-state index contributed by atoms with van der Waals surface area (Å²) in [6.07, 6.45) is 0. The highest BCUT2D eigenvalue weighted by Crippen LogP contribution is 2.26. The molecule has 0 spiro atoms. The first kappa shape index (κ1) is 17.0. The number of rotatable bonds is 5. The van der Waals surface area contributed by atoms with Crippen molar-refractivity contribution in [2.24, 2.45) is 0 Å². The van der Waals surface area contributed by atoms with Gasteiger partial charge in [0.15, 0.2) is 0 Å². The SMILES string of the molecule is Cc1[nH]n(-c2ccccc2)c(=O)c1[C@H](C[N+](=O)[O-])c1ccc(Cl)cc1. The predicted molar refractivity (Wildman–Crippen MR) is 96.3 cm³/mol. The number of aromatic nitrogens is 2. The Morgan fingerprint density at radius 3 is 2.40 bits per heavy atom. The second-order valence-electron chi connectivity index (χ2n) is 5.75. The Hall–Kier alpha value is -2.86. The van der Waals surface area contributed by atoms with Gasteiger partial charge in [0.2, 0.25) is 6.54 Å². The summed E-state index contributed by atoms with van der Waals surface area (Å²) in [4.78, 5) is 23.7. The van der Waals surface area contributed by atoms with Crippen molar-refractivity contribution in [3.63, 3.8) is 0 Å². The number of hydrogen-bond acceptors (Lipinski definition) is 3. The standard InChI is InChI=1S/C18H16ClN3O3/c1-12-17(18(23)22(20-12)15-5-3-2-4-6-15)16(11-21(24)25)13-7-9-14(19)10-8-13/h2-10,16,20H,11H2,1H3/t16-/m1/s1. The molecule has 7 heteroatoms. The number of para-hydroxylation sites is 1. The van der Waals surface area contributed by atoms with Crippen LogP contribution in [0.2, 0.25) is 5.02 Å². The summed E-state index contributed by atoms with van der Waals surface area (Å²) in [7, 11) is 0. The molecular weight excluding hydrogens is 342 g/mol. The molecule has 0 radical (unpaired) electrons. The third-order valence-electron chi connectivity index (χ3n) is 4.08. The van der Waals surface area contributed by atoms with Crippen LogP contribution in [-0.2, 0) is 0 Å². The monoisotopic (exact) mass is 357 g/mol. The molecule has 0 unspecified atom stereocenters. The third kappa shape index (κ3) is 3.49. The van der Waals surface area contributed by atoms with Crippen LogP contribution < -0.4 is 5.56 Å². The molecule has 2 aromatic carbocycles. The van der Waals surface area contributed by atoms with Crippen molar-refractivity contribution in [1.29, 1.82) is 0 Å². The normalized spacial score (nSPS) is 12.1. The zero-order valence-electron chi connectivity index (χ0n) is 13.5. The maximum atomic E-state index is 12.9. The predicted octanol–water partition coefficient (Wildman–Crippen LogP) is 3.54. The fraction of sp³-hybridized carbons (Fsp3) is 0.167. The summed E-state index contributed by atoms with van der Waals surface area (Å²) in [6, 6.07) is 15.9. The van der Waals surface area contributed by atoms with Crippen LogP contribution >= 0.6 is 11.6 Å². The summed E-state index contributed by atoms with van der Waals surface area (Å²) in [5.41, 5.74) is 2.07. The first-order valence-corrected chi connectivity index (χ1v) is 8.09. The van der Waals surface area contributed by atoms with E-state index < -0.39 is 10.8 Å². The minimum atomic E-state index is -0.652. The fourth-order valence-electron chi connectivity index (χ4n) is 2.94. The average Bonchev–Trinajstić information content (AvgIpc) is 2.89. The van der Waals surface area contributed by atoms with Crippen molar-refractivity contribution >= 4 is 11.6 Å². The molecule has 0 aliphatic heterocycles. The van der Waals surface area contributed by atoms with E-state index in [4.69, 9.17) is 11.6 Å². The molecule has 1 atom stereocenters. The van der Waals surface area contributed by atoms with Gasteiger partial charge in [-0.1, -0.05) is 41.9 Å². The van der Waals surface area contributed by atoms with Gasteiger partial charge in [-0.25, -0.2) is 4.68 Å². The number of benzene rings is 2. The molecule has 0 saturated heterocycles. The Morgan fingerprint density at radius 2 is 1.80 bits per heavy atom. The minimum absolute atomic E-state index is 0.287. The number of H-pyrrole nitrogens is 1. The molecule has 3 rings (SSSR count). The van der Waals surface area contributed by atoms with Crippen molar-refractivity contribution in [1.82, 2.24) is 9.78 Å². The van der Waals surface area contributed by atoms with E-state index in [-0.39, 0.29) is 12.1 Å². The Labute approximate surface area is 148 Å². The molecule has 0 amide bonds. The van der Waals surface area contributed by atoms with E-state index in [1.807, 2.05) is 18.2 Å². The summed E-state index contributed by atoms with van der Waals surface area (Å²) in [6.45, 7) is 1.38. The highest BCUT2D eigenvalue weighted by molar-refractivity contribution is 6.30. The second-order valence-corrected chi connectivity index (χ2v) is 6.18. The van der Waals surface area contributed by atoms with Gasteiger partial charge in [0.05, 0.1) is 17.2 Å². The van der Waals surface area contributed by atoms with Crippen LogP contribution in [0.15, 0.2) is 59.4 Å². The van der Waals surface area contributed by atoms with E-state index in [0.717, 1.165) is 0 Å². The Morgan fingerprint density at radius 1 is 1.16 bits per heavy atom.